The molecule has 13 heavy (non-hydrogen) atoms. The molecule has 0 fully saturated rings. The third kappa shape index (κ3) is 1.93. The summed E-state index contributed by atoms with van der Waals surface area (Å²) in [6.07, 6.45) is 0.738. The Balaban J connectivity index is 3.19. The number of carboxylic acids is 1. The maximum atomic E-state index is 10.7. The Labute approximate surface area is 76.0 Å². The van der Waals surface area contributed by atoms with Gasteiger partial charge in [-0.05, 0) is 11.6 Å². The fourth-order valence-corrected chi connectivity index (χ4v) is 1.16. The molecule has 3 heteroatoms. The molecule has 1 rings (SSSR count). The summed E-state index contributed by atoms with van der Waals surface area (Å²) in [4.78, 5) is 21.2. The van der Waals surface area contributed by atoms with Crippen molar-refractivity contribution in [1.82, 2.24) is 0 Å². The minimum absolute atomic E-state index is 0.196. The first kappa shape index (κ1) is 9.45. The lowest BCUT2D eigenvalue weighted by Crippen LogP contribution is -2.05. The SMILES string of the molecule is C[C@H](C=O)c1ccccc1C(=O)O. The molecule has 0 aliphatic heterocycles. The van der Waals surface area contributed by atoms with Crippen LogP contribution in [-0.4, -0.2) is 17.4 Å². The molecule has 1 aromatic rings. The number of aromatic carboxylic acids is 1. The Morgan fingerprint density at radius 1 is 1.46 bits per heavy atom. The molecule has 68 valence electrons. The Kier molecular flexibility index (Phi) is 2.80. The van der Waals surface area contributed by atoms with Gasteiger partial charge in [-0.2, -0.15) is 0 Å². The summed E-state index contributed by atoms with van der Waals surface area (Å²) in [5.41, 5.74) is 0.757. The zero-order chi connectivity index (χ0) is 9.84. The molecule has 0 saturated heterocycles. The van der Waals surface area contributed by atoms with E-state index < -0.39 is 5.97 Å². The highest BCUT2D eigenvalue weighted by atomic mass is 16.4. The first-order chi connectivity index (χ1) is 6.16. The third-order valence-electron chi connectivity index (χ3n) is 1.89. The van der Waals surface area contributed by atoms with Crippen LogP contribution in [0.1, 0.15) is 28.8 Å². The fraction of sp³-hybridized carbons (Fsp3) is 0.200. The topological polar surface area (TPSA) is 54.4 Å². The smallest absolute Gasteiger partial charge is 0.335 e. The van der Waals surface area contributed by atoms with Crippen LogP contribution in [0.5, 0.6) is 0 Å². The third-order valence-corrected chi connectivity index (χ3v) is 1.89. The lowest BCUT2D eigenvalue weighted by Gasteiger charge is -2.07. The van der Waals surface area contributed by atoms with Crippen LogP contribution in [0.4, 0.5) is 0 Å². The van der Waals surface area contributed by atoms with Gasteiger partial charge in [0.15, 0.2) is 0 Å². The van der Waals surface area contributed by atoms with E-state index in [1.165, 1.54) is 6.07 Å². The van der Waals surface area contributed by atoms with Crippen LogP contribution in [-0.2, 0) is 4.79 Å². The van der Waals surface area contributed by atoms with Gasteiger partial charge in [0.05, 0.1) is 5.56 Å². The fourth-order valence-electron chi connectivity index (χ4n) is 1.16. The van der Waals surface area contributed by atoms with Gasteiger partial charge >= 0.3 is 5.97 Å². The lowest BCUT2D eigenvalue weighted by atomic mass is 9.97. The molecule has 0 saturated carbocycles. The van der Waals surface area contributed by atoms with Crippen molar-refractivity contribution < 1.29 is 14.7 Å². The molecule has 0 spiro atoms. The summed E-state index contributed by atoms with van der Waals surface area (Å²) < 4.78 is 0. The van der Waals surface area contributed by atoms with Crippen LogP contribution >= 0.6 is 0 Å². The molecule has 0 amide bonds. The van der Waals surface area contributed by atoms with Gasteiger partial charge in [0.2, 0.25) is 0 Å². The van der Waals surface area contributed by atoms with Crippen molar-refractivity contribution in [2.75, 3.05) is 0 Å². The summed E-state index contributed by atoms with van der Waals surface area (Å²) in [7, 11) is 0. The minimum Gasteiger partial charge on any atom is -0.478 e. The van der Waals surface area contributed by atoms with E-state index in [0.29, 0.717) is 5.56 Å². The van der Waals surface area contributed by atoms with E-state index in [0.717, 1.165) is 6.29 Å². The Morgan fingerprint density at radius 3 is 2.62 bits per heavy atom. The van der Waals surface area contributed by atoms with Crippen LogP contribution < -0.4 is 0 Å². The maximum Gasteiger partial charge on any atom is 0.335 e. The number of rotatable bonds is 3. The highest BCUT2D eigenvalue weighted by Gasteiger charge is 2.13. The number of carboxylic acid groups (broad SMARTS) is 1. The second kappa shape index (κ2) is 3.85. The van der Waals surface area contributed by atoms with E-state index in [4.69, 9.17) is 5.11 Å². The van der Waals surface area contributed by atoms with Crippen LogP contribution in [0.15, 0.2) is 24.3 Å². The summed E-state index contributed by atoms with van der Waals surface area (Å²) in [6, 6.07) is 6.52. The zero-order valence-electron chi connectivity index (χ0n) is 7.23. The summed E-state index contributed by atoms with van der Waals surface area (Å²) in [5.74, 6) is -1.36. The van der Waals surface area contributed by atoms with E-state index in [1.807, 2.05) is 0 Å². The van der Waals surface area contributed by atoms with E-state index >= 15 is 0 Å². The van der Waals surface area contributed by atoms with E-state index in [1.54, 1.807) is 25.1 Å². The standard InChI is InChI=1S/C10H10O3/c1-7(6-11)8-4-2-3-5-9(8)10(12)13/h2-7H,1H3,(H,12,13)/t7-/m1/s1. The molecule has 0 radical (unpaired) electrons. The average molecular weight is 178 g/mol. The normalized spacial score (nSPS) is 12.1. The van der Waals surface area contributed by atoms with Gasteiger partial charge in [-0.25, -0.2) is 4.79 Å². The van der Waals surface area contributed by atoms with Gasteiger partial charge in [0, 0.05) is 5.92 Å². The van der Waals surface area contributed by atoms with Gasteiger partial charge in [0.25, 0.3) is 0 Å². The summed E-state index contributed by atoms with van der Waals surface area (Å²) >= 11 is 0. The number of carbonyl (C=O) groups excluding carboxylic acids is 1. The quantitative estimate of drug-likeness (QED) is 0.716. The predicted octanol–water partition coefficient (Wildman–Crippen LogP) is 1.69. The van der Waals surface area contributed by atoms with Crippen molar-refractivity contribution in [3.05, 3.63) is 35.4 Å². The van der Waals surface area contributed by atoms with Crippen LogP contribution in [0.2, 0.25) is 0 Å². The lowest BCUT2D eigenvalue weighted by molar-refractivity contribution is -0.108. The number of hydrogen-bond donors (Lipinski definition) is 1. The van der Waals surface area contributed by atoms with Gasteiger partial charge in [-0.3, -0.25) is 0 Å². The molecule has 1 N–H and O–H groups in total. The largest absolute Gasteiger partial charge is 0.478 e. The number of hydrogen-bond acceptors (Lipinski definition) is 2. The first-order valence-corrected chi connectivity index (χ1v) is 3.94. The van der Waals surface area contributed by atoms with Gasteiger partial charge in [-0.15, -0.1) is 0 Å². The molecule has 0 heterocycles. The molecule has 1 atom stereocenters. The molecular formula is C10H10O3. The molecule has 3 nitrogen and oxygen atoms in total. The van der Waals surface area contributed by atoms with Crippen molar-refractivity contribution in [3.63, 3.8) is 0 Å². The monoisotopic (exact) mass is 178 g/mol. The summed E-state index contributed by atoms with van der Waals surface area (Å²) in [5, 5.41) is 8.79. The van der Waals surface area contributed by atoms with E-state index in [-0.39, 0.29) is 11.5 Å². The van der Waals surface area contributed by atoms with Gasteiger partial charge in [-0.1, -0.05) is 25.1 Å². The Morgan fingerprint density at radius 2 is 2.08 bits per heavy atom. The molecule has 0 aliphatic rings. The molecule has 0 unspecified atom stereocenters. The van der Waals surface area contributed by atoms with Crippen molar-refractivity contribution >= 4 is 12.3 Å². The maximum absolute atomic E-state index is 10.7. The van der Waals surface area contributed by atoms with Crippen molar-refractivity contribution in [2.24, 2.45) is 0 Å². The van der Waals surface area contributed by atoms with Crippen molar-refractivity contribution in [2.45, 2.75) is 12.8 Å². The van der Waals surface area contributed by atoms with E-state index in [9.17, 15) is 9.59 Å². The van der Waals surface area contributed by atoms with Crippen LogP contribution in [0, 0.1) is 0 Å². The molecular weight excluding hydrogens is 168 g/mol. The Hall–Kier alpha value is -1.64. The Bertz CT molecular complexity index is 331. The van der Waals surface area contributed by atoms with Crippen molar-refractivity contribution in [1.29, 1.82) is 0 Å². The molecule has 1 aromatic carbocycles. The first-order valence-electron chi connectivity index (χ1n) is 3.94. The number of benzene rings is 1. The van der Waals surface area contributed by atoms with Gasteiger partial charge in [0.1, 0.15) is 6.29 Å². The second-order valence-electron chi connectivity index (χ2n) is 2.82. The number of aldehydes is 1. The molecule has 0 aliphatic carbocycles. The number of carbonyl (C=O) groups is 2. The molecule has 0 bridgehead atoms. The predicted molar refractivity (Wildman–Crippen MR) is 47.9 cm³/mol. The van der Waals surface area contributed by atoms with Crippen LogP contribution in [0.25, 0.3) is 0 Å². The highest BCUT2D eigenvalue weighted by Crippen LogP contribution is 2.17. The highest BCUT2D eigenvalue weighted by molar-refractivity contribution is 5.90. The summed E-state index contributed by atoms with van der Waals surface area (Å²) in [6.45, 7) is 1.68. The van der Waals surface area contributed by atoms with Gasteiger partial charge < -0.3 is 9.90 Å². The minimum atomic E-state index is -0.996. The van der Waals surface area contributed by atoms with Crippen LogP contribution in [0.3, 0.4) is 0 Å². The second-order valence-corrected chi connectivity index (χ2v) is 2.82. The zero-order valence-corrected chi connectivity index (χ0v) is 7.23. The van der Waals surface area contributed by atoms with Crippen molar-refractivity contribution in [3.8, 4) is 0 Å². The molecule has 0 aromatic heterocycles. The van der Waals surface area contributed by atoms with E-state index in [2.05, 4.69) is 0 Å². The average Bonchev–Trinajstić information content (AvgIpc) is 2.16.